The number of aromatic nitrogens is 3. The van der Waals surface area contributed by atoms with Crippen LogP contribution in [0.4, 0.5) is 11.4 Å². The lowest BCUT2D eigenvalue weighted by Crippen LogP contribution is -2.16. The zero-order chi connectivity index (χ0) is 22.4. The van der Waals surface area contributed by atoms with E-state index < -0.39 is 0 Å². The van der Waals surface area contributed by atoms with Crippen LogP contribution in [0, 0.1) is 20.8 Å². The van der Waals surface area contributed by atoms with Crippen LogP contribution in [0.5, 0.6) is 0 Å². The number of aryl methyl sites for hydroxylation is 4. The summed E-state index contributed by atoms with van der Waals surface area (Å²) >= 11 is 1.32. The molecular formula is C23H27N5O2S. The Balaban J connectivity index is 1.51. The van der Waals surface area contributed by atoms with Crippen LogP contribution in [0.2, 0.25) is 0 Å². The lowest BCUT2D eigenvalue weighted by Gasteiger charge is -2.11. The molecule has 0 radical (unpaired) electrons. The largest absolute Gasteiger partial charge is 0.326 e. The summed E-state index contributed by atoms with van der Waals surface area (Å²) in [6, 6.07) is 13.6. The van der Waals surface area contributed by atoms with E-state index >= 15 is 0 Å². The van der Waals surface area contributed by atoms with Crippen molar-refractivity contribution in [1.29, 1.82) is 0 Å². The first-order valence-corrected chi connectivity index (χ1v) is 11.1. The quantitative estimate of drug-likeness (QED) is 0.519. The normalized spacial score (nSPS) is 10.7. The SMILES string of the molecule is Cc1ccccc1NC(=O)CCc1nnc(SCC(=O)Nc2c(C)cccc2C)n1C. The first-order valence-electron chi connectivity index (χ1n) is 10.1. The summed E-state index contributed by atoms with van der Waals surface area (Å²) in [7, 11) is 1.85. The van der Waals surface area contributed by atoms with E-state index in [2.05, 4.69) is 20.8 Å². The van der Waals surface area contributed by atoms with Crippen molar-refractivity contribution in [2.24, 2.45) is 7.05 Å². The molecule has 0 unspecified atom stereocenters. The Labute approximate surface area is 186 Å². The second-order valence-corrected chi connectivity index (χ2v) is 8.37. The molecule has 2 N–H and O–H groups in total. The Morgan fingerprint density at radius 1 is 0.903 bits per heavy atom. The van der Waals surface area contributed by atoms with Crippen molar-refractivity contribution in [3.8, 4) is 0 Å². The maximum Gasteiger partial charge on any atom is 0.234 e. The minimum absolute atomic E-state index is 0.0699. The van der Waals surface area contributed by atoms with Gasteiger partial charge in [0.25, 0.3) is 0 Å². The molecule has 2 amide bonds. The molecule has 0 fully saturated rings. The number of carbonyl (C=O) groups excluding carboxylic acids is 2. The predicted octanol–water partition coefficient (Wildman–Crippen LogP) is 4.04. The molecule has 31 heavy (non-hydrogen) atoms. The van der Waals surface area contributed by atoms with Crippen molar-refractivity contribution in [2.45, 2.75) is 38.8 Å². The molecule has 8 heteroatoms. The molecule has 0 saturated heterocycles. The summed E-state index contributed by atoms with van der Waals surface area (Å²) < 4.78 is 1.83. The molecule has 2 aromatic carbocycles. The minimum atomic E-state index is -0.0930. The summed E-state index contributed by atoms with van der Waals surface area (Å²) in [6.45, 7) is 5.90. The monoisotopic (exact) mass is 437 g/mol. The van der Waals surface area contributed by atoms with Crippen molar-refractivity contribution in [3.05, 3.63) is 65.0 Å². The summed E-state index contributed by atoms with van der Waals surface area (Å²) in [5.74, 6) is 0.773. The van der Waals surface area contributed by atoms with Crippen LogP contribution < -0.4 is 10.6 Å². The molecule has 7 nitrogen and oxygen atoms in total. The Kier molecular flexibility index (Phi) is 7.46. The zero-order valence-electron chi connectivity index (χ0n) is 18.2. The van der Waals surface area contributed by atoms with E-state index in [9.17, 15) is 9.59 Å². The van der Waals surface area contributed by atoms with Crippen LogP contribution >= 0.6 is 11.8 Å². The highest BCUT2D eigenvalue weighted by atomic mass is 32.2. The maximum absolute atomic E-state index is 12.4. The van der Waals surface area contributed by atoms with Crippen LogP contribution in [0.3, 0.4) is 0 Å². The molecule has 0 atom stereocenters. The lowest BCUT2D eigenvalue weighted by molar-refractivity contribution is -0.116. The smallest absolute Gasteiger partial charge is 0.234 e. The van der Waals surface area contributed by atoms with Crippen molar-refractivity contribution in [1.82, 2.24) is 14.8 Å². The number of anilines is 2. The Bertz CT molecular complexity index is 1070. The number of thioether (sulfide) groups is 1. The highest BCUT2D eigenvalue weighted by molar-refractivity contribution is 7.99. The molecule has 1 aromatic heterocycles. The van der Waals surface area contributed by atoms with Crippen LogP contribution in [-0.2, 0) is 23.1 Å². The summed E-state index contributed by atoms with van der Waals surface area (Å²) in [6.07, 6.45) is 0.772. The average Bonchev–Trinajstić information content (AvgIpc) is 3.09. The van der Waals surface area contributed by atoms with Gasteiger partial charge < -0.3 is 15.2 Å². The fourth-order valence-corrected chi connectivity index (χ4v) is 3.89. The van der Waals surface area contributed by atoms with Gasteiger partial charge >= 0.3 is 0 Å². The average molecular weight is 438 g/mol. The number of para-hydroxylation sites is 2. The number of hydrogen-bond donors (Lipinski definition) is 2. The Morgan fingerprint density at radius 2 is 1.58 bits per heavy atom. The molecule has 0 bridgehead atoms. The number of amides is 2. The van der Waals surface area contributed by atoms with E-state index in [0.29, 0.717) is 23.8 Å². The second-order valence-electron chi connectivity index (χ2n) is 7.42. The first-order chi connectivity index (χ1) is 14.8. The standard InChI is InChI=1S/C23H27N5O2S/c1-15-8-5-6-11-18(15)24-20(29)13-12-19-26-27-23(28(19)4)31-14-21(30)25-22-16(2)9-7-10-17(22)3/h5-11H,12-14H2,1-4H3,(H,24,29)(H,25,30). The number of nitrogens with zero attached hydrogens (tertiary/aromatic N) is 3. The van der Waals surface area contributed by atoms with Gasteiger partial charge in [-0.05, 0) is 43.5 Å². The van der Waals surface area contributed by atoms with E-state index in [1.165, 1.54) is 11.8 Å². The van der Waals surface area contributed by atoms with Crippen LogP contribution in [0.25, 0.3) is 0 Å². The number of carbonyl (C=O) groups is 2. The summed E-state index contributed by atoms with van der Waals surface area (Å²) in [5.41, 5.74) is 4.75. The Hall–Kier alpha value is -3.13. The highest BCUT2D eigenvalue weighted by Crippen LogP contribution is 2.21. The molecule has 3 rings (SSSR count). The Morgan fingerprint density at radius 3 is 2.29 bits per heavy atom. The topological polar surface area (TPSA) is 88.9 Å². The highest BCUT2D eigenvalue weighted by Gasteiger charge is 2.14. The molecule has 0 spiro atoms. The number of hydrogen-bond acceptors (Lipinski definition) is 5. The molecule has 1 heterocycles. The minimum Gasteiger partial charge on any atom is -0.326 e. The molecule has 3 aromatic rings. The predicted molar refractivity (Wildman–Crippen MR) is 124 cm³/mol. The van der Waals surface area contributed by atoms with Crippen LogP contribution in [-0.4, -0.2) is 32.3 Å². The number of rotatable bonds is 8. The van der Waals surface area contributed by atoms with E-state index in [1.807, 2.05) is 74.9 Å². The molecular weight excluding hydrogens is 410 g/mol. The number of benzene rings is 2. The summed E-state index contributed by atoms with van der Waals surface area (Å²) in [5, 5.41) is 14.9. The fraction of sp³-hybridized carbons (Fsp3) is 0.304. The molecule has 0 aliphatic carbocycles. The van der Waals surface area contributed by atoms with Gasteiger partial charge in [0.15, 0.2) is 5.16 Å². The van der Waals surface area contributed by atoms with Gasteiger partial charge in [-0.3, -0.25) is 9.59 Å². The van der Waals surface area contributed by atoms with Gasteiger partial charge in [-0.25, -0.2) is 0 Å². The van der Waals surface area contributed by atoms with Gasteiger partial charge in [0.2, 0.25) is 11.8 Å². The van der Waals surface area contributed by atoms with E-state index in [1.54, 1.807) is 0 Å². The van der Waals surface area contributed by atoms with E-state index in [4.69, 9.17) is 0 Å². The fourth-order valence-electron chi connectivity index (χ4n) is 3.16. The van der Waals surface area contributed by atoms with Gasteiger partial charge in [0.1, 0.15) is 5.82 Å². The summed E-state index contributed by atoms with van der Waals surface area (Å²) in [4.78, 5) is 24.7. The van der Waals surface area contributed by atoms with Crippen molar-refractivity contribution in [2.75, 3.05) is 16.4 Å². The van der Waals surface area contributed by atoms with Crippen molar-refractivity contribution in [3.63, 3.8) is 0 Å². The third kappa shape index (κ3) is 5.95. The van der Waals surface area contributed by atoms with Crippen LogP contribution in [0.1, 0.15) is 28.9 Å². The van der Waals surface area contributed by atoms with E-state index in [-0.39, 0.29) is 17.6 Å². The molecule has 0 aliphatic rings. The van der Waals surface area contributed by atoms with Gasteiger partial charge in [-0.2, -0.15) is 0 Å². The van der Waals surface area contributed by atoms with Crippen molar-refractivity contribution < 1.29 is 9.59 Å². The third-order valence-electron chi connectivity index (χ3n) is 5.00. The third-order valence-corrected chi connectivity index (χ3v) is 6.02. The van der Waals surface area contributed by atoms with Gasteiger partial charge in [-0.1, -0.05) is 48.2 Å². The van der Waals surface area contributed by atoms with Gasteiger partial charge in [-0.15, -0.1) is 10.2 Å². The second kappa shape index (κ2) is 10.3. The maximum atomic E-state index is 12.4. The first kappa shape index (κ1) is 22.6. The molecule has 0 saturated carbocycles. The molecule has 162 valence electrons. The number of nitrogens with one attached hydrogen (secondary N) is 2. The van der Waals surface area contributed by atoms with E-state index in [0.717, 1.165) is 28.1 Å². The lowest BCUT2D eigenvalue weighted by atomic mass is 10.1. The van der Waals surface area contributed by atoms with Crippen molar-refractivity contribution >= 4 is 35.0 Å². The van der Waals surface area contributed by atoms with Crippen LogP contribution in [0.15, 0.2) is 47.6 Å². The zero-order valence-corrected chi connectivity index (χ0v) is 19.0. The van der Waals surface area contributed by atoms with Gasteiger partial charge in [0.05, 0.1) is 5.75 Å². The van der Waals surface area contributed by atoms with Gasteiger partial charge in [0, 0.05) is 31.3 Å². The molecule has 0 aliphatic heterocycles.